The highest BCUT2D eigenvalue weighted by molar-refractivity contribution is 7.98. The highest BCUT2D eigenvalue weighted by atomic mass is 35.5. The number of thiazole rings is 1. The van der Waals surface area contributed by atoms with Crippen LogP contribution in [0.2, 0.25) is 0 Å². The Hall–Kier alpha value is -2.80. The SMILES string of the molecule is CCN(CC)CCN(C(=O)c1cc([N+](=O)[O-])cc([N+](=O)[O-])c1)c1nc2ccc(SC)cc2s1.Cl. The summed E-state index contributed by atoms with van der Waals surface area (Å²) in [4.78, 5) is 43.9. The number of thioether (sulfide) groups is 1. The minimum atomic E-state index is -0.744. The summed E-state index contributed by atoms with van der Waals surface area (Å²) >= 11 is 2.94. The van der Waals surface area contributed by atoms with Crippen LogP contribution in [0.25, 0.3) is 10.2 Å². The molecule has 0 saturated heterocycles. The van der Waals surface area contributed by atoms with Gasteiger partial charge in [0.25, 0.3) is 17.3 Å². The number of likely N-dealkylation sites (N-methyl/N-ethyl adjacent to an activating group) is 1. The van der Waals surface area contributed by atoms with Gasteiger partial charge in [-0.25, -0.2) is 4.98 Å². The van der Waals surface area contributed by atoms with Crippen LogP contribution in [0.4, 0.5) is 16.5 Å². The molecule has 0 unspecified atom stereocenters. The molecule has 10 nitrogen and oxygen atoms in total. The number of carbonyl (C=O) groups excluding carboxylic acids is 1. The van der Waals surface area contributed by atoms with Gasteiger partial charge in [0, 0.05) is 30.1 Å². The Bertz CT molecular complexity index is 1170. The minimum Gasteiger partial charge on any atom is -0.302 e. The Balaban J connectivity index is 0.00000408. The van der Waals surface area contributed by atoms with Crippen molar-refractivity contribution >= 4 is 68.1 Å². The number of nitro groups is 2. The zero-order valence-electron chi connectivity index (χ0n) is 18.8. The van der Waals surface area contributed by atoms with Crippen LogP contribution in [0.15, 0.2) is 41.3 Å². The van der Waals surface area contributed by atoms with E-state index in [-0.39, 0.29) is 24.5 Å². The topological polar surface area (TPSA) is 123 Å². The summed E-state index contributed by atoms with van der Waals surface area (Å²) in [6, 6.07) is 8.80. The first-order valence-corrected chi connectivity index (χ1v) is 12.2. The summed E-state index contributed by atoms with van der Waals surface area (Å²) < 4.78 is 0.905. The van der Waals surface area contributed by atoms with Crippen molar-refractivity contribution in [3.8, 4) is 0 Å². The number of nitrogens with zero attached hydrogens (tertiary/aromatic N) is 5. The van der Waals surface area contributed by atoms with E-state index in [0.29, 0.717) is 11.7 Å². The van der Waals surface area contributed by atoms with Crippen molar-refractivity contribution in [2.45, 2.75) is 18.7 Å². The number of nitro benzene ring substituents is 2. The van der Waals surface area contributed by atoms with Gasteiger partial charge < -0.3 is 4.90 Å². The number of anilines is 1. The lowest BCUT2D eigenvalue weighted by Crippen LogP contribution is -2.38. The minimum absolute atomic E-state index is 0. The second kappa shape index (κ2) is 12.1. The van der Waals surface area contributed by atoms with E-state index in [4.69, 9.17) is 0 Å². The zero-order chi connectivity index (χ0) is 24.1. The molecular weight excluding hydrogens is 502 g/mol. The lowest BCUT2D eigenvalue weighted by Gasteiger charge is -2.24. The van der Waals surface area contributed by atoms with Gasteiger partial charge in [-0.1, -0.05) is 25.2 Å². The monoisotopic (exact) mass is 525 g/mol. The van der Waals surface area contributed by atoms with E-state index >= 15 is 0 Å². The summed E-state index contributed by atoms with van der Waals surface area (Å²) in [7, 11) is 0. The van der Waals surface area contributed by atoms with E-state index in [1.54, 1.807) is 11.8 Å². The van der Waals surface area contributed by atoms with Crippen LogP contribution >= 0.6 is 35.5 Å². The van der Waals surface area contributed by atoms with Gasteiger partial charge in [-0.2, -0.15) is 0 Å². The van der Waals surface area contributed by atoms with Crippen molar-refractivity contribution in [1.82, 2.24) is 9.88 Å². The molecule has 1 amide bonds. The molecule has 2 aromatic carbocycles. The number of hydrogen-bond acceptors (Lipinski definition) is 9. The number of benzene rings is 2. The second-order valence-electron chi connectivity index (χ2n) is 7.07. The smallest absolute Gasteiger partial charge is 0.277 e. The number of fused-ring (bicyclic) bond motifs is 1. The molecule has 3 rings (SSSR count). The molecule has 0 saturated carbocycles. The van der Waals surface area contributed by atoms with E-state index in [1.807, 2.05) is 38.3 Å². The fraction of sp³-hybridized carbons (Fsp3) is 0.333. The third-order valence-electron chi connectivity index (χ3n) is 5.17. The number of rotatable bonds is 10. The lowest BCUT2D eigenvalue weighted by atomic mass is 10.1. The molecule has 0 spiro atoms. The fourth-order valence-corrected chi connectivity index (χ4v) is 4.83. The number of carbonyl (C=O) groups is 1. The second-order valence-corrected chi connectivity index (χ2v) is 8.95. The van der Waals surface area contributed by atoms with Crippen LogP contribution in [0.3, 0.4) is 0 Å². The molecule has 0 aliphatic carbocycles. The number of aromatic nitrogens is 1. The molecule has 13 heteroatoms. The predicted molar refractivity (Wildman–Crippen MR) is 138 cm³/mol. The van der Waals surface area contributed by atoms with E-state index in [9.17, 15) is 25.0 Å². The number of halogens is 1. The highest BCUT2D eigenvalue weighted by Crippen LogP contribution is 2.33. The molecule has 182 valence electrons. The van der Waals surface area contributed by atoms with Crippen molar-refractivity contribution < 1.29 is 14.6 Å². The maximum atomic E-state index is 13.5. The van der Waals surface area contributed by atoms with E-state index in [2.05, 4.69) is 9.88 Å². The third kappa shape index (κ3) is 6.20. The Morgan fingerprint density at radius 1 is 1.03 bits per heavy atom. The van der Waals surface area contributed by atoms with Gasteiger partial charge in [-0.05, 0) is 37.5 Å². The summed E-state index contributed by atoms with van der Waals surface area (Å²) in [6.45, 7) is 6.45. The maximum absolute atomic E-state index is 13.5. The van der Waals surface area contributed by atoms with Crippen LogP contribution < -0.4 is 4.90 Å². The van der Waals surface area contributed by atoms with Gasteiger partial charge in [-0.15, -0.1) is 24.2 Å². The summed E-state index contributed by atoms with van der Waals surface area (Å²) in [6.07, 6.45) is 1.97. The summed E-state index contributed by atoms with van der Waals surface area (Å²) in [5.41, 5.74) is -0.409. The van der Waals surface area contributed by atoms with Gasteiger partial charge in [0.15, 0.2) is 5.13 Å². The molecule has 1 aromatic heterocycles. The molecule has 0 aliphatic heterocycles. The van der Waals surface area contributed by atoms with Gasteiger partial charge in [-0.3, -0.25) is 29.9 Å². The molecular formula is C21H24ClN5O5S2. The lowest BCUT2D eigenvalue weighted by molar-refractivity contribution is -0.394. The standard InChI is InChI=1S/C21H23N5O5S2.ClH/c1-4-23(5-2)8-9-24(21-22-18-7-6-17(32-3)13-19(18)33-21)20(27)14-10-15(25(28)29)12-16(11-14)26(30)31;/h6-7,10-13H,4-5,8-9H2,1-3H3;1H. The van der Waals surface area contributed by atoms with Gasteiger partial charge in [0.1, 0.15) is 0 Å². The first-order chi connectivity index (χ1) is 15.8. The first kappa shape index (κ1) is 27.4. The third-order valence-corrected chi connectivity index (χ3v) is 6.93. The van der Waals surface area contributed by atoms with Gasteiger partial charge in [0.05, 0.1) is 31.7 Å². The van der Waals surface area contributed by atoms with Gasteiger partial charge >= 0.3 is 0 Å². The number of amides is 1. The van der Waals surface area contributed by atoms with Crippen LogP contribution in [0, 0.1) is 20.2 Å². The quantitative estimate of drug-likeness (QED) is 0.200. The fourth-order valence-electron chi connectivity index (χ4n) is 3.29. The van der Waals surface area contributed by atoms with Crippen molar-refractivity contribution in [2.75, 3.05) is 37.3 Å². The van der Waals surface area contributed by atoms with E-state index < -0.39 is 27.1 Å². The average Bonchev–Trinajstić information content (AvgIpc) is 3.23. The summed E-state index contributed by atoms with van der Waals surface area (Å²) in [5, 5.41) is 23.0. The van der Waals surface area contributed by atoms with Gasteiger partial charge in [0.2, 0.25) is 0 Å². The average molecular weight is 526 g/mol. The molecule has 0 radical (unpaired) electrons. The molecule has 0 N–H and O–H groups in total. The maximum Gasteiger partial charge on any atom is 0.277 e. The number of hydrogen-bond donors (Lipinski definition) is 0. The zero-order valence-corrected chi connectivity index (χ0v) is 21.2. The van der Waals surface area contributed by atoms with Crippen molar-refractivity contribution in [3.63, 3.8) is 0 Å². The van der Waals surface area contributed by atoms with Crippen LogP contribution in [0.5, 0.6) is 0 Å². The molecule has 0 aliphatic rings. The Morgan fingerprint density at radius 3 is 2.18 bits per heavy atom. The van der Waals surface area contributed by atoms with E-state index in [0.717, 1.165) is 46.4 Å². The Morgan fingerprint density at radius 2 is 1.65 bits per heavy atom. The molecule has 34 heavy (non-hydrogen) atoms. The van der Waals surface area contributed by atoms with Crippen molar-refractivity contribution in [2.24, 2.45) is 0 Å². The van der Waals surface area contributed by atoms with Crippen LogP contribution in [-0.2, 0) is 0 Å². The van der Waals surface area contributed by atoms with Crippen LogP contribution in [0.1, 0.15) is 24.2 Å². The summed E-state index contributed by atoms with van der Waals surface area (Å²) in [5.74, 6) is -0.571. The normalized spacial score (nSPS) is 10.8. The largest absolute Gasteiger partial charge is 0.302 e. The predicted octanol–water partition coefficient (Wildman–Crippen LogP) is 5.25. The molecule has 0 fully saturated rings. The highest BCUT2D eigenvalue weighted by Gasteiger charge is 2.26. The van der Waals surface area contributed by atoms with E-state index in [1.165, 1.54) is 16.2 Å². The molecule has 0 bridgehead atoms. The molecule has 1 heterocycles. The molecule has 3 aromatic rings. The van der Waals surface area contributed by atoms with Crippen LogP contribution in [-0.4, -0.2) is 58.1 Å². The Kier molecular flexibility index (Phi) is 9.74. The molecule has 0 atom stereocenters. The van der Waals surface area contributed by atoms with Crippen molar-refractivity contribution in [1.29, 1.82) is 0 Å². The number of non-ortho nitro benzene ring substituents is 2. The van der Waals surface area contributed by atoms with Crippen molar-refractivity contribution in [3.05, 3.63) is 62.2 Å². The Labute approximate surface area is 210 Å². The first-order valence-electron chi connectivity index (χ1n) is 10.2.